The molecule has 0 atom stereocenters. The van der Waals surface area contributed by atoms with Gasteiger partial charge in [0.25, 0.3) is 0 Å². The number of hydrogen-bond acceptors (Lipinski definition) is 4. The molecule has 0 N–H and O–H groups in total. The minimum atomic E-state index is -0.415. The minimum absolute atomic E-state index is 0.398. The zero-order valence-corrected chi connectivity index (χ0v) is 5.98. The maximum absolute atomic E-state index is 12.4. The molecule has 59 valence electrons. The first kappa shape index (κ1) is 7.02. The van der Waals surface area contributed by atoms with E-state index in [1.807, 2.05) is 0 Å². The number of nitrogens with zero attached hydrogens (tertiary/aromatic N) is 4. The maximum Gasteiger partial charge on any atom is 0.210 e. The van der Waals surface area contributed by atoms with E-state index in [4.69, 9.17) is 0 Å². The van der Waals surface area contributed by atoms with Gasteiger partial charge < -0.3 is 0 Å². The zero-order valence-electron chi connectivity index (χ0n) is 5.98. The van der Waals surface area contributed by atoms with Gasteiger partial charge in [-0.25, -0.2) is 4.39 Å². The van der Waals surface area contributed by atoms with Gasteiger partial charge in [-0.1, -0.05) is 6.07 Å². The third kappa shape index (κ3) is 1.20. The van der Waals surface area contributed by atoms with Crippen molar-refractivity contribution in [3.8, 4) is 0 Å². The topological polar surface area (TPSA) is 49.4 Å². The van der Waals surface area contributed by atoms with Crippen LogP contribution in [0.5, 0.6) is 0 Å². The summed E-state index contributed by atoms with van der Waals surface area (Å²) in [6.07, 6.45) is -0.415. The van der Waals surface area contributed by atoms with Crippen molar-refractivity contribution in [2.24, 2.45) is 20.7 Å². The van der Waals surface area contributed by atoms with Gasteiger partial charge in [0.15, 0.2) is 0 Å². The molecule has 2 rings (SSSR count). The summed E-state index contributed by atoms with van der Waals surface area (Å²) in [7, 11) is 0. The molecule has 0 aromatic heterocycles. The SMILES string of the molecule is Fc1[c]cc(C2N=NN=N2)cc1. The average Bonchev–Trinajstić information content (AvgIpc) is 2.58. The summed E-state index contributed by atoms with van der Waals surface area (Å²) in [6.45, 7) is 0. The fourth-order valence-electron chi connectivity index (χ4n) is 0.879. The summed E-state index contributed by atoms with van der Waals surface area (Å²) in [5.74, 6) is -0.398. The van der Waals surface area contributed by atoms with Crippen LogP contribution in [0.2, 0.25) is 0 Å². The van der Waals surface area contributed by atoms with Crippen molar-refractivity contribution in [3.05, 3.63) is 35.6 Å². The lowest BCUT2D eigenvalue weighted by Crippen LogP contribution is -1.87. The van der Waals surface area contributed by atoms with Gasteiger partial charge in [-0.05, 0) is 22.6 Å². The van der Waals surface area contributed by atoms with Gasteiger partial charge >= 0.3 is 0 Å². The lowest BCUT2D eigenvalue weighted by molar-refractivity contribution is 0.623. The molecule has 1 heterocycles. The van der Waals surface area contributed by atoms with Crippen molar-refractivity contribution in [1.82, 2.24) is 0 Å². The predicted octanol–water partition coefficient (Wildman–Crippen LogP) is 2.46. The summed E-state index contributed by atoms with van der Waals surface area (Å²) in [5, 5.41) is 14.0. The van der Waals surface area contributed by atoms with Gasteiger partial charge in [-0.15, -0.1) is 10.2 Å². The highest BCUT2D eigenvalue weighted by Crippen LogP contribution is 2.23. The molecule has 12 heavy (non-hydrogen) atoms. The van der Waals surface area contributed by atoms with Crippen molar-refractivity contribution in [2.45, 2.75) is 6.17 Å². The molecule has 0 aliphatic carbocycles. The third-order valence-electron chi connectivity index (χ3n) is 1.46. The quantitative estimate of drug-likeness (QED) is 0.610. The largest absolute Gasteiger partial charge is 0.210 e. The van der Waals surface area contributed by atoms with Crippen molar-refractivity contribution in [2.75, 3.05) is 0 Å². The highest BCUT2D eigenvalue weighted by molar-refractivity contribution is 5.18. The van der Waals surface area contributed by atoms with Crippen LogP contribution in [0.4, 0.5) is 4.39 Å². The van der Waals surface area contributed by atoms with Crippen LogP contribution in [0.15, 0.2) is 38.9 Å². The van der Waals surface area contributed by atoms with E-state index in [1.165, 1.54) is 12.1 Å². The molecule has 0 saturated heterocycles. The Balaban J connectivity index is 2.29. The van der Waals surface area contributed by atoms with Crippen molar-refractivity contribution in [3.63, 3.8) is 0 Å². The Kier molecular flexibility index (Phi) is 1.62. The molecule has 4 nitrogen and oxygen atoms in total. The summed E-state index contributed by atoms with van der Waals surface area (Å²) < 4.78 is 12.4. The molecule has 0 amide bonds. The van der Waals surface area contributed by atoms with E-state index in [-0.39, 0.29) is 0 Å². The third-order valence-corrected chi connectivity index (χ3v) is 1.46. The van der Waals surface area contributed by atoms with Crippen LogP contribution < -0.4 is 0 Å². The normalized spacial score (nSPS) is 15.8. The molecular formula is C7H4FN4. The van der Waals surface area contributed by atoms with Crippen LogP contribution in [0.3, 0.4) is 0 Å². The molecular weight excluding hydrogens is 159 g/mol. The predicted molar refractivity (Wildman–Crippen MR) is 37.7 cm³/mol. The molecule has 0 bridgehead atoms. The van der Waals surface area contributed by atoms with E-state index >= 15 is 0 Å². The van der Waals surface area contributed by atoms with Crippen LogP contribution >= 0.6 is 0 Å². The van der Waals surface area contributed by atoms with Gasteiger partial charge in [0, 0.05) is 11.6 Å². The Bertz CT molecular complexity index is 318. The van der Waals surface area contributed by atoms with Crippen molar-refractivity contribution < 1.29 is 4.39 Å². The second-order valence-corrected chi connectivity index (χ2v) is 2.25. The highest BCUT2D eigenvalue weighted by Gasteiger charge is 2.11. The molecule has 5 heteroatoms. The number of rotatable bonds is 1. The first-order valence-corrected chi connectivity index (χ1v) is 3.33. The Morgan fingerprint density at radius 3 is 2.58 bits per heavy atom. The van der Waals surface area contributed by atoms with E-state index in [0.29, 0.717) is 0 Å². The molecule has 1 radical (unpaired) electrons. The number of benzene rings is 1. The maximum atomic E-state index is 12.4. The number of hydrogen-bond donors (Lipinski definition) is 0. The standard InChI is InChI=1S/C7H4FN4/c8-6-3-1-5(2-4-6)7-9-11-12-10-7/h1-3,7H. The van der Waals surface area contributed by atoms with Gasteiger partial charge in [-0.3, -0.25) is 0 Å². The molecule has 1 aromatic rings. The lowest BCUT2D eigenvalue weighted by atomic mass is 10.2. The molecule has 1 aliphatic rings. The van der Waals surface area contributed by atoms with Crippen LogP contribution in [0.25, 0.3) is 0 Å². The second-order valence-electron chi connectivity index (χ2n) is 2.25. The van der Waals surface area contributed by atoms with E-state index in [1.54, 1.807) is 6.07 Å². The Hall–Kier alpha value is -1.65. The molecule has 1 aromatic carbocycles. The summed E-state index contributed by atoms with van der Waals surface area (Å²) in [6, 6.07) is 6.78. The monoisotopic (exact) mass is 163 g/mol. The Labute approximate surface area is 67.8 Å². The fraction of sp³-hybridized carbons (Fsp3) is 0.143. The first-order valence-electron chi connectivity index (χ1n) is 3.33. The van der Waals surface area contributed by atoms with Crippen LogP contribution in [-0.2, 0) is 0 Å². The fourth-order valence-corrected chi connectivity index (χ4v) is 0.879. The van der Waals surface area contributed by atoms with Gasteiger partial charge in [-0.2, -0.15) is 0 Å². The summed E-state index contributed by atoms with van der Waals surface area (Å²) in [5.41, 5.74) is 0.737. The van der Waals surface area contributed by atoms with Gasteiger partial charge in [0.2, 0.25) is 6.17 Å². The van der Waals surface area contributed by atoms with E-state index in [2.05, 4.69) is 26.7 Å². The van der Waals surface area contributed by atoms with Crippen LogP contribution in [0, 0.1) is 11.9 Å². The summed E-state index contributed by atoms with van der Waals surface area (Å²) in [4.78, 5) is 0. The highest BCUT2D eigenvalue weighted by atomic mass is 19.1. The molecule has 0 spiro atoms. The van der Waals surface area contributed by atoms with Crippen molar-refractivity contribution in [1.29, 1.82) is 0 Å². The first-order chi connectivity index (χ1) is 5.86. The molecule has 0 unspecified atom stereocenters. The summed E-state index contributed by atoms with van der Waals surface area (Å²) >= 11 is 0. The Morgan fingerprint density at radius 2 is 2.00 bits per heavy atom. The van der Waals surface area contributed by atoms with E-state index in [0.717, 1.165) is 5.56 Å². The molecule has 0 saturated carbocycles. The van der Waals surface area contributed by atoms with Crippen LogP contribution in [-0.4, -0.2) is 0 Å². The van der Waals surface area contributed by atoms with E-state index in [9.17, 15) is 4.39 Å². The lowest BCUT2D eigenvalue weighted by Gasteiger charge is -1.98. The molecule has 1 aliphatic heterocycles. The van der Waals surface area contributed by atoms with Gasteiger partial charge in [0.05, 0.1) is 0 Å². The van der Waals surface area contributed by atoms with E-state index < -0.39 is 12.0 Å². The smallest absolute Gasteiger partial charge is 0.206 e. The van der Waals surface area contributed by atoms with Gasteiger partial charge in [0.1, 0.15) is 5.82 Å². The zero-order chi connectivity index (χ0) is 8.39. The Morgan fingerprint density at radius 1 is 1.25 bits per heavy atom. The minimum Gasteiger partial charge on any atom is -0.206 e. The van der Waals surface area contributed by atoms with Crippen LogP contribution in [0.1, 0.15) is 11.7 Å². The number of halogens is 1. The molecule has 0 fully saturated rings. The van der Waals surface area contributed by atoms with Crippen molar-refractivity contribution >= 4 is 0 Å². The second kappa shape index (κ2) is 2.77. The average molecular weight is 163 g/mol.